The zero-order chi connectivity index (χ0) is 14.6. The first-order valence-electron chi connectivity index (χ1n) is 6.64. The molecule has 0 radical (unpaired) electrons. The zero-order valence-corrected chi connectivity index (χ0v) is 13.1. The highest BCUT2D eigenvalue weighted by Crippen LogP contribution is 2.31. The van der Waals surface area contributed by atoms with Crippen LogP contribution in [0, 0.1) is 5.82 Å². The van der Waals surface area contributed by atoms with Gasteiger partial charge in [0, 0.05) is 37.6 Å². The molecule has 3 N–H and O–H groups in total. The highest BCUT2D eigenvalue weighted by atomic mass is 79.9. The summed E-state index contributed by atoms with van der Waals surface area (Å²) in [5.74, 6) is 5.47. The molecule has 1 unspecified atom stereocenters. The number of ether oxygens (including phenoxy) is 2. The lowest BCUT2D eigenvalue weighted by molar-refractivity contribution is -0.110. The van der Waals surface area contributed by atoms with E-state index in [1.54, 1.807) is 13.2 Å². The van der Waals surface area contributed by atoms with Crippen LogP contribution < -0.4 is 11.3 Å². The molecule has 1 fully saturated rings. The van der Waals surface area contributed by atoms with Gasteiger partial charge in [-0.3, -0.25) is 11.3 Å². The molecule has 1 heterocycles. The van der Waals surface area contributed by atoms with Crippen molar-refractivity contribution in [1.29, 1.82) is 0 Å². The van der Waals surface area contributed by atoms with Crippen molar-refractivity contribution < 1.29 is 13.9 Å². The summed E-state index contributed by atoms with van der Waals surface area (Å²) in [7, 11) is 1.69. The molecule has 20 heavy (non-hydrogen) atoms. The van der Waals surface area contributed by atoms with Gasteiger partial charge in [0.05, 0.1) is 11.6 Å². The van der Waals surface area contributed by atoms with E-state index in [0.717, 1.165) is 22.9 Å². The summed E-state index contributed by atoms with van der Waals surface area (Å²) < 4.78 is 25.4. The first-order chi connectivity index (χ1) is 9.61. The quantitative estimate of drug-likeness (QED) is 0.633. The van der Waals surface area contributed by atoms with Gasteiger partial charge in [-0.15, -0.1) is 0 Å². The van der Waals surface area contributed by atoms with Crippen LogP contribution >= 0.6 is 15.9 Å². The molecule has 1 aliphatic rings. The van der Waals surface area contributed by atoms with Crippen LogP contribution in [0.3, 0.4) is 0 Å². The van der Waals surface area contributed by atoms with Gasteiger partial charge in [-0.05, 0) is 30.2 Å². The predicted octanol–water partition coefficient (Wildman–Crippen LogP) is 2.16. The average Bonchev–Trinajstić information content (AvgIpc) is 2.48. The Kier molecular flexibility index (Phi) is 5.51. The maximum Gasteiger partial charge on any atom is 0.123 e. The summed E-state index contributed by atoms with van der Waals surface area (Å²) in [6.07, 6.45) is 2.12. The van der Waals surface area contributed by atoms with Crippen molar-refractivity contribution in [3.8, 4) is 0 Å². The molecule has 0 aromatic heterocycles. The Hall–Kier alpha value is -0.530. The number of rotatable bonds is 5. The van der Waals surface area contributed by atoms with Crippen molar-refractivity contribution in [2.24, 2.45) is 5.84 Å². The van der Waals surface area contributed by atoms with Gasteiger partial charge in [0.2, 0.25) is 0 Å². The molecule has 1 aromatic rings. The fourth-order valence-corrected chi connectivity index (χ4v) is 3.14. The topological polar surface area (TPSA) is 56.5 Å². The van der Waals surface area contributed by atoms with Crippen LogP contribution in [0.4, 0.5) is 4.39 Å². The number of hydrogen-bond donors (Lipinski definition) is 2. The van der Waals surface area contributed by atoms with Crippen molar-refractivity contribution in [1.82, 2.24) is 5.43 Å². The van der Waals surface area contributed by atoms with Gasteiger partial charge in [0.1, 0.15) is 5.82 Å². The molecular formula is C14H20BrFN2O2. The van der Waals surface area contributed by atoms with E-state index in [1.165, 1.54) is 12.1 Å². The lowest BCUT2D eigenvalue weighted by Crippen LogP contribution is -2.58. The molecule has 112 valence electrons. The van der Waals surface area contributed by atoms with Gasteiger partial charge >= 0.3 is 0 Å². The number of hydrogen-bond acceptors (Lipinski definition) is 4. The Morgan fingerprint density at radius 3 is 2.80 bits per heavy atom. The maximum absolute atomic E-state index is 13.4. The Balaban J connectivity index is 2.21. The van der Waals surface area contributed by atoms with Gasteiger partial charge < -0.3 is 9.47 Å². The second-order valence-corrected chi connectivity index (χ2v) is 5.89. The smallest absolute Gasteiger partial charge is 0.123 e. The highest BCUT2D eigenvalue weighted by Gasteiger charge is 2.40. The van der Waals surface area contributed by atoms with Crippen molar-refractivity contribution in [3.05, 3.63) is 34.1 Å². The van der Waals surface area contributed by atoms with E-state index in [2.05, 4.69) is 21.4 Å². The molecule has 0 aliphatic carbocycles. The third-order valence-electron chi connectivity index (χ3n) is 4.01. The van der Waals surface area contributed by atoms with Crippen LogP contribution in [-0.2, 0) is 15.9 Å². The second kappa shape index (κ2) is 6.95. The van der Waals surface area contributed by atoms with Crippen LogP contribution in [0.15, 0.2) is 22.7 Å². The molecule has 6 heteroatoms. The van der Waals surface area contributed by atoms with Crippen molar-refractivity contribution >= 4 is 15.9 Å². The van der Waals surface area contributed by atoms with Gasteiger partial charge in [0.25, 0.3) is 0 Å². The van der Waals surface area contributed by atoms with E-state index in [9.17, 15) is 4.39 Å². The maximum atomic E-state index is 13.4. The average molecular weight is 347 g/mol. The number of nitrogens with one attached hydrogen (secondary N) is 1. The van der Waals surface area contributed by atoms with Gasteiger partial charge in [-0.1, -0.05) is 15.9 Å². The second-order valence-electron chi connectivity index (χ2n) is 5.04. The first-order valence-corrected chi connectivity index (χ1v) is 7.43. The number of hydrazine groups is 1. The zero-order valence-electron chi connectivity index (χ0n) is 11.5. The monoisotopic (exact) mass is 346 g/mol. The standard InChI is InChI=1S/C14H20BrFN2O2/c1-19-14(4-6-20-7-5-14)13(18-17)9-10-8-11(16)2-3-12(10)15/h2-3,8,13,18H,4-7,9,17H2,1H3. The lowest BCUT2D eigenvalue weighted by atomic mass is 9.83. The lowest BCUT2D eigenvalue weighted by Gasteiger charge is -2.42. The highest BCUT2D eigenvalue weighted by molar-refractivity contribution is 9.10. The van der Waals surface area contributed by atoms with Gasteiger partial charge in [-0.25, -0.2) is 4.39 Å². The molecule has 1 aromatic carbocycles. The summed E-state index contributed by atoms with van der Waals surface area (Å²) in [5, 5.41) is 0. The molecule has 0 bridgehead atoms. The number of benzene rings is 1. The molecule has 1 saturated heterocycles. The van der Waals surface area contributed by atoms with Crippen LogP contribution in [0.5, 0.6) is 0 Å². The summed E-state index contributed by atoms with van der Waals surface area (Å²) in [5.41, 5.74) is 3.33. The minimum atomic E-state index is -0.376. The van der Waals surface area contributed by atoms with Gasteiger partial charge in [0.15, 0.2) is 0 Å². The summed E-state index contributed by atoms with van der Waals surface area (Å²) in [4.78, 5) is 0. The fraction of sp³-hybridized carbons (Fsp3) is 0.571. The Labute approximate surface area is 126 Å². The van der Waals surface area contributed by atoms with E-state index in [1.807, 2.05) is 0 Å². The van der Waals surface area contributed by atoms with E-state index in [-0.39, 0.29) is 17.5 Å². The summed E-state index contributed by atoms with van der Waals surface area (Å²) in [6, 6.07) is 4.56. The van der Waals surface area contributed by atoms with E-state index >= 15 is 0 Å². The molecule has 0 spiro atoms. The molecule has 4 nitrogen and oxygen atoms in total. The van der Waals surface area contributed by atoms with E-state index in [0.29, 0.717) is 19.6 Å². The van der Waals surface area contributed by atoms with Crippen LogP contribution in [-0.4, -0.2) is 32.0 Å². The Bertz CT molecular complexity index is 453. The molecule has 1 atom stereocenters. The SMILES string of the molecule is COC1(C(Cc2cc(F)ccc2Br)NN)CCOCC1. The van der Waals surface area contributed by atoms with Crippen molar-refractivity contribution in [2.75, 3.05) is 20.3 Å². The summed E-state index contributed by atoms with van der Waals surface area (Å²) >= 11 is 3.45. The number of methoxy groups -OCH3 is 1. The minimum Gasteiger partial charge on any atom is -0.381 e. The number of nitrogens with two attached hydrogens (primary N) is 1. The Morgan fingerprint density at radius 2 is 2.20 bits per heavy atom. The fourth-order valence-electron chi connectivity index (χ4n) is 2.73. The van der Waals surface area contributed by atoms with Gasteiger partial charge in [-0.2, -0.15) is 0 Å². The summed E-state index contributed by atoms with van der Waals surface area (Å²) in [6.45, 7) is 1.30. The molecule has 0 amide bonds. The normalized spacial score (nSPS) is 19.8. The molecule has 2 rings (SSSR count). The van der Waals surface area contributed by atoms with Crippen LogP contribution in [0.25, 0.3) is 0 Å². The Morgan fingerprint density at radius 1 is 1.50 bits per heavy atom. The van der Waals surface area contributed by atoms with E-state index in [4.69, 9.17) is 15.3 Å². The largest absolute Gasteiger partial charge is 0.381 e. The third kappa shape index (κ3) is 3.38. The molecule has 1 aliphatic heterocycles. The van der Waals surface area contributed by atoms with Crippen LogP contribution in [0.1, 0.15) is 18.4 Å². The molecular weight excluding hydrogens is 327 g/mol. The predicted molar refractivity (Wildman–Crippen MR) is 78.7 cm³/mol. The molecule has 0 saturated carbocycles. The van der Waals surface area contributed by atoms with E-state index < -0.39 is 0 Å². The van der Waals surface area contributed by atoms with Crippen molar-refractivity contribution in [2.45, 2.75) is 30.9 Å². The third-order valence-corrected chi connectivity index (χ3v) is 4.79. The minimum absolute atomic E-state index is 0.102. The van der Waals surface area contributed by atoms with Crippen molar-refractivity contribution in [3.63, 3.8) is 0 Å². The van der Waals surface area contributed by atoms with Crippen LogP contribution in [0.2, 0.25) is 0 Å². The first kappa shape index (κ1) is 15.9. The number of halogens is 2.